The van der Waals surface area contributed by atoms with E-state index >= 15 is 0 Å². The van der Waals surface area contributed by atoms with Crippen molar-refractivity contribution in [3.05, 3.63) is 22.2 Å². The van der Waals surface area contributed by atoms with E-state index in [-0.39, 0.29) is 0 Å². The average molecular weight is 313 g/mol. The lowest BCUT2D eigenvalue weighted by molar-refractivity contribution is 0.308. The molecule has 1 aliphatic rings. The van der Waals surface area contributed by atoms with Crippen molar-refractivity contribution in [2.45, 2.75) is 25.8 Å². The minimum atomic E-state index is 0.292. The van der Waals surface area contributed by atoms with Crippen LogP contribution in [-0.4, -0.2) is 39.3 Å². The number of ether oxygens (including phenoxy) is 2. The van der Waals surface area contributed by atoms with E-state index in [0.717, 1.165) is 41.3 Å². The van der Waals surface area contributed by atoms with Crippen LogP contribution in [0.25, 0.3) is 0 Å². The van der Waals surface area contributed by atoms with Crippen molar-refractivity contribution in [1.29, 1.82) is 0 Å². The van der Waals surface area contributed by atoms with Crippen molar-refractivity contribution in [1.82, 2.24) is 4.90 Å². The first-order chi connectivity index (χ1) is 10.1. The molecule has 2 rings (SSSR count). The second-order valence-corrected chi connectivity index (χ2v) is 6.04. The highest BCUT2D eigenvalue weighted by Crippen LogP contribution is 2.45. The Morgan fingerprint density at radius 3 is 2.57 bits per heavy atom. The van der Waals surface area contributed by atoms with Gasteiger partial charge in [-0.25, -0.2) is 0 Å². The number of hydrogen-bond acceptors (Lipinski definition) is 4. The van der Waals surface area contributed by atoms with Crippen LogP contribution in [0.5, 0.6) is 11.5 Å². The van der Waals surface area contributed by atoms with E-state index in [4.69, 9.17) is 26.8 Å². The normalized spacial score (nSPS) is 22.6. The molecule has 0 aromatic heterocycles. The smallest absolute Gasteiger partial charge is 0.164 e. The molecule has 5 heteroatoms. The molecule has 1 aromatic rings. The Labute approximate surface area is 132 Å². The van der Waals surface area contributed by atoms with Crippen LogP contribution in [0.2, 0.25) is 5.02 Å². The Balaban J connectivity index is 2.53. The minimum Gasteiger partial charge on any atom is -0.493 e. The summed E-state index contributed by atoms with van der Waals surface area (Å²) in [6.07, 6.45) is 1.89. The number of hydrogen-bond donors (Lipinski definition) is 1. The molecular weight excluding hydrogens is 288 g/mol. The molecule has 2 atom stereocenters. The zero-order valence-corrected chi connectivity index (χ0v) is 14.0. The highest BCUT2D eigenvalue weighted by molar-refractivity contribution is 6.31. The van der Waals surface area contributed by atoms with Crippen LogP contribution in [0.1, 0.15) is 30.5 Å². The maximum Gasteiger partial charge on any atom is 0.164 e. The molecule has 1 aromatic carbocycles. The van der Waals surface area contributed by atoms with Gasteiger partial charge in [0.1, 0.15) is 0 Å². The highest BCUT2D eigenvalue weighted by atomic mass is 35.5. The van der Waals surface area contributed by atoms with Crippen molar-refractivity contribution in [3.8, 4) is 11.5 Å². The summed E-state index contributed by atoms with van der Waals surface area (Å²) in [6.45, 7) is 3.84. The zero-order chi connectivity index (χ0) is 15.6. The minimum absolute atomic E-state index is 0.292. The number of likely N-dealkylation sites (tertiary alicyclic amines) is 1. The van der Waals surface area contributed by atoms with Gasteiger partial charge in [0, 0.05) is 29.2 Å². The Hall–Kier alpha value is -0.970. The molecule has 1 aliphatic heterocycles. The summed E-state index contributed by atoms with van der Waals surface area (Å²) in [5.74, 6) is 2.01. The van der Waals surface area contributed by atoms with Crippen LogP contribution in [0.4, 0.5) is 0 Å². The summed E-state index contributed by atoms with van der Waals surface area (Å²) >= 11 is 6.56. The summed E-state index contributed by atoms with van der Waals surface area (Å²) in [5, 5.41) is 0.749. The number of rotatable bonds is 5. The highest BCUT2D eigenvalue weighted by Gasteiger charge is 2.34. The van der Waals surface area contributed by atoms with Gasteiger partial charge in [-0.15, -0.1) is 0 Å². The van der Waals surface area contributed by atoms with Crippen molar-refractivity contribution in [2.24, 2.45) is 11.7 Å². The third-order valence-corrected chi connectivity index (χ3v) is 4.73. The third-order valence-electron chi connectivity index (χ3n) is 4.42. The van der Waals surface area contributed by atoms with E-state index in [1.807, 2.05) is 6.07 Å². The van der Waals surface area contributed by atoms with Gasteiger partial charge in [0.05, 0.1) is 14.2 Å². The number of nitrogens with two attached hydrogens (primary N) is 1. The Morgan fingerprint density at radius 1 is 1.38 bits per heavy atom. The molecule has 0 radical (unpaired) electrons. The van der Waals surface area contributed by atoms with Crippen LogP contribution in [0.15, 0.2) is 6.07 Å². The molecule has 2 unspecified atom stereocenters. The molecule has 0 aliphatic carbocycles. The van der Waals surface area contributed by atoms with Crippen LogP contribution < -0.4 is 15.2 Å². The lowest BCUT2D eigenvalue weighted by atomic mass is 9.93. The molecule has 1 fully saturated rings. The molecule has 2 N–H and O–H groups in total. The number of benzene rings is 1. The van der Waals surface area contributed by atoms with E-state index in [1.165, 1.54) is 0 Å². The van der Waals surface area contributed by atoms with Crippen LogP contribution in [0.3, 0.4) is 0 Å². The third kappa shape index (κ3) is 2.98. The van der Waals surface area contributed by atoms with Gasteiger partial charge in [0.25, 0.3) is 0 Å². The first kappa shape index (κ1) is 16.4. The number of methoxy groups -OCH3 is 2. The fraction of sp³-hybridized carbons (Fsp3) is 0.625. The molecule has 0 saturated carbocycles. The van der Waals surface area contributed by atoms with Crippen LogP contribution >= 0.6 is 11.6 Å². The Kier molecular flexibility index (Phi) is 5.36. The molecule has 1 saturated heterocycles. The fourth-order valence-corrected chi connectivity index (χ4v) is 3.71. The molecule has 0 bridgehead atoms. The molecule has 118 valence electrons. The summed E-state index contributed by atoms with van der Waals surface area (Å²) in [4.78, 5) is 2.34. The molecule has 0 spiro atoms. The predicted molar refractivity (Wildman–Crippen MR) is 86.5 cm³/mol. The quantitative estimate of drug-likeness (QED) is 0.908. The maximum absolute atomic E-state index is 6.56. The molecule has 21 heavy (non-hydrogen) atoms. The van der Waals surface area contributed by atoms with Gasteiger partial charge in [0.2, 0.25) is 0 Å². The maximum atomic E-state index is 6.56. The second-order valence-electron chi connectivity index (χ2n) is 5.63. The van der Waals surface area contributed by atoms with Gasteiger partial charge in [-0.3, -0.25) is 4.90 Å². The predicted octanol–water partition coefficient (Wildman–Crippen LogP) is 2.87. The summed E-state index contributed by atoms with van der Waals surface area (Å²) in [6, 6.07) is 2.15. The largest absolute Gasteiger partial charge is 0.493 e. The SMILES string of the molecule is CCc1c(OC)c(OC)cc(Cl)c1C1CC(CN)CN1C. The van der Waals surface area contributed by atoms with Gasteiger partial charge < -0.3 is 15.2 Å². The van der Waals surface area contributed by atoms with Crippen molar-refractivity contribution >= 4 is 11.6 Å². The van der Waals surface area contributed by atoms with Crippen molar-refractivity contribution < 1.29 is 9.47 Å². The van der Waals surface area contributed by atoms with Crippen molar-refractivity contribution in [3.63, 3.8) is 0 Å². The lowest BCUT2D eigenvalue weighted by Gasteiger charge is -2.26. The first-order valence-electron chi connectivity index (χ1n) is 7.40. The molecule has 4 nitrogen and oxygen atoms in total. The average Bonchev–Trinajstić information content (AvgIpc) is 2.86. The summed E-state index contributed by atoms with van der Waals surface area (Å²) in [7, 11) is 5.45. The molecule has 1 heterocycles. The number of halogens is 1. The molecular formula is C16H25ClN2O2. The second kappa shape index (κ2) is 6.86. The van der Waals surface area contributed by atoms with Gasteiger partial charge in [-0.2, -0.15) is 0 Å². The Bertz CT molecular complexity index is 508. The standard InChI is InChI=1S/C16H25ClN2O2/c1-5-11-15(13-6-10(8-18)9-19(13)2)12(17)7-14(20-3)16(11)21-4/h7,10,13H,5-6,8-9,18H2,1-4H3. The van der Waals surface area contributed by atoms with Gasteiger partial charge in [-0.05, 0) is 37.9 Å². The van der Waals surface area contributed by atoms with E-state index in [2.05, 4.69) is 18.9 Å². The topological polar surface area (TPSA) is 47.7 Å². The Morgan fingerprint density at radius 2 is 2.10 bits per heavy atom. The fourth-order valence-electron chi connectivity index (χ4n) is 3.37. The van der Waals surface area contributed by atoms with Crippen molar-refractivity contribution in [2.75, 3.05) is 34.4 Å². The summed E-state index contributed by atoms with van der Waals surface area (Å²) in [5.41, 5.74) is 8.14. The van der Waals surface area contributed by atoms with E-state index in [9.17, 15) is 0 Å². The van der Waals surface area contributed by atoms with E-state index in [0.29, 0.717) is 24.3 Å². The van der Waals surface area contributed by atoms with E-state index < -0.39 is 0 Å². The summed E-state index contributed by atoms with van der Waals surface area (Å²) < 4.78 is 11.0. The van der Waals surface area contributed by atoms with Crippen LogP contribution in [-0.2, 0) is 6.42 Å². The first-order valence-corrected chi connectivity index (χ1v) is 7.78. The van der Waals surface area contributed by atoms with Gasteiger partial charge in [-0.1, -0.05) is 18.5 Å². The van der Waals surface area contributed by atoms with Crippen LogP contribution in [0, 0.1) is 5.92 Å². The number of nitrogens with zero attached hydrogens (tertiary/aromatic N) is 1. The van der Waals surface area contributed by atoms with E-state index in [1.54, 1.807) is 14.2 Å². The van der Waals surface area contributed by atoms with Gasteiger partial charge >= 0.3 is 0 Å². The molecule has 0 amide bonds. The lowest BCUT2D eigenvalue weighted by Crippen LogP contribution is -2.21. The monoisotopic (exact) mass is 312 g/mol. The zero-order valence-electron chi connectivity index (χ0n) is 13.3. The van der Waals surface area contributed by atoms with Gasteiger partial charge in [0.15, 0.2) is 11.5 Å².